The van der Waals surface area contributed by atoms with Gasteiger partial charge >= 0.3 is 5.69 Å². The van der Waals surface area contributed by atoms with Crippen LogP contribution in [0.15, 0.2) is 82.5 Å². The second kappa shape index (κ2) is 7.51. The fourth-order valence-corrected chi connectivity index (χ4v) is 3.25. The van der Waals surface area contributed by atoms with Gasteiger partial charge in [-0.05, 0) is 23.3 Å². The number of nitrogens with zero attached hydrogens (tertiary/aromatic N) is 4. The van der Waals surface area contributed by atoms with Crippen molar-refractivity contribution in [2.24, 2.45) is 0 Å². The van der Waals surface area contributed by atoms with E-state index in [0.29, 0.717) is 11.1 Å². The van der Waals surface area contributed by atoms with Crippen molar-refractivity contribution in [3.8, 4) is 0 Å². The van der Waals surface area contributed by atoms with Crippen molar-refractivity contribution < 1.29 is 4.92 Å². The Morgan fingerprint density at radius 1 is 0.862 bits per heavy atom. The highest BCUT2D eigenvalue weighted by Crippen LogP contribution is 2.15. The van der Waals surface area contributed by atoms with E-state index in [-0.39, 0.29) is 24.3 Å². The molecule has 0 bridgehead atoms. The predicted molar refractivity (Wildman–Crippen MR) is 108 cm³/mol. The van der Waals surface area contributed by atoms with Crippen molar-refractivity contribution >= 4 is 16.7 Å². The van der Waals surface area contributed by atoms with Gasteiger partial charge < -0.3 is 0 Å². The highest BCUT2D eigenvalue weighted by Gasteiger charge is 2.15. The first kappa shape index (κ1) is 18.3. The lowest BCUT2D eigenvalue weighted by Crippen LogP contribution is -2.40. The van der Waals surface area contributed by atoms with Crippen LogP contribution in [0.3, 0.4) is 0 Å². The molecule has 8 heteroatoms. The molecule has 0 aliphatic heterocycles. The molecule has 0 amide bonds. The molecule has 0 unspecified atom stereocenters. The molecule has 0 atom stereocenters. The number of hydrogen-bond donors (Lipinski definition) is 0. The predicted octanol–water partition coefficient (Wildman–Crippen LogP) is 2.56. The van der Waals surface area contributed by atoms with Crippen LogP contribution in [0.1, 0.15) is 11.1 Å². The Labute approximate surface area is 164 Å². The summed E-state index contributed by atoms with van der Waals surface area (Å²) in [5.74, 6) is 0. The summed E-state index contributed by atoms with van der Waals surface area (Å²) in [6.45, 7) is 0.192. The zero-order valence-corrected chi connectivity index (χ0v) is 15.3. The van der Waals surface area contributed by atoms with Gasteiger partial charge in [-0.2, -0.15) is 0 Å². The molecule has 0 fully saturated rings. The zero-order valence-electron chi connectivity index (χ0n) is 15.3. The minimum Gasteiger partial charge on any atom is -0.287 e. The fourth-order valence-electron chi connectivity index (χ4n) is 3.25. The maximum atomic E-state index is 13.2. The molecule has 0 radical (unpaired) electrons. The molecular formula is C21H16N4O4. The number of nitro benzene ring substituents is 1. The first-order valence-corrected chi connectivity index (χ1v) is 8.90. The normalized spacial score (nSPS) is 10.9. The first-order valence-electron chi connectivity index (χ1n) is 8.90. The quantitative estimate of drug-likeness (QED) is 0.386. The maximum Gasteiger partial charge on any atom is 0.332 e. The number of hydrogen-bond acceptors (Lipinski definition) is 5. The monoisotopic (exact) mass is 388 g/mol. The molecule has 29 heavy (non-hydrogen) atoms. The Balaban J connectivity index is 1.89. The lowest BCUT2D eigenvalue weighted by molar-refractivity contribution is -0.384. The van der Waals surface area contributed by atoms with E-state index in [1.165, 1.54) is 22.9 Å². The average molecular weight is 388 g/mol. The van der Waals surface area contributed by atoms with Crippen molar-refractivity contribution in [1.82, 2.24) is 14.1 Å². The van der Waals surface area contributed by atoms with Gasteiger partial charge in [0.15, 0.2) is 5.52 Å². The topological polar surface area (TPSA) is 100 Å². The van der Waals surface area contributed by atoms with E-state index in [1.54, 1.807) is 24.3 Å². The summed E-state index contributed by atoms with van der Waals surface area (Å²) in [4.78, 5) is 40.9. The number of fused-ring (bicyclic) bond motifs is 1. The Morgan fingerprint density at radius 2 is 1.59 bits per heavy atom. The molecule has 144 valence electrons. The molecule has 0 aliphatic carbocycles. The Kier molecular flexibility index (Phi) is 4.74. The van der Waals surface area contributed by atoms with Gasteiger partial charge in [0.2, 0.25) is 0 Å². The van der Waals surface area contributed by atoms with E-state index in [2.05, 4.69) is 4.98 Å². The van der Waals surface area contributed by atoms with Gasteiger partial charge in [0, 0.05) is 18.3 Å². The number of pyridine rings is 1. The molecule has 4 rings (SSSR count). The van der Waals surface area contributed by atoms with E-state index in [1.807, 2.05) is 30.3 Å². The third kappa shape index (κ3) is 3.55. The second-order valence-corrected chi connectivity index (χ2v) is 6.54. The van der Waals surface area contributed by atoms with E-state index < -0.39 is 16.2 Å². The van der Waals surface area contributed by atoms with Crippen LogP contribution in [-0.4, -0.2) is 19.0 Å². The molecule has 2 aromatic heterocycles. The highest BCUT2D eigenvalue weighted by atomic mass is 16.6. The average Bonchev–Trinajstić information content (AvgIpc) is 2.75. The van der Waals surface area contributed by atoms with Gasteiger partial charge in [0.25, 0.3) is 11.2 Å². The van der Waals surface area contributed by atoms with Crippen LogP contribution in [0.2, 0.25) is 0 Å². The molecule has 0 spiro atoms. The summed E-state index contributed by atoms with van der Waals surface area (Å²) in [5, 5.41) is 11.1. The lowest BCUT2D eigenvalue weighted by atomic mass is 10.2. The summed E-state index contributed by atoms with van der Waals surface area (Å²) in [6.07, 6.45) is 1.50. The molecule has 0 aliphatic rings. The van der Waals surface area contributed by atoms with Crippen molar-refractivity contribution in [3.63, 3.8) is 0 Å². The number of benzene rings is 2. The van der Waals surface area contributed by atoms with E-state index in [4.69, 9.17) is 0 Å². The van der Waals surface area contributed by atoms with Crippen molar-refractivity contribution in [2.45, 2.75) is 13.1 Å². The molecule has 2 aromatic carbocycles. The van der Waals surface area contributed by atoms with Gasteiger partial charge in [-0.1, -0.05) is 42.5 Å². The largest absolute Gasteiger partial charge is 0.332 e. The maximum absolute atomic E-state index is 13.2. The third-order valence-electron chi connectivity index (χ3n) is 4.63. The van der Waals surface area contributed by atoms with Crippen LogP contribution in [0.4, 0.5) is 5.69 Å². The lowest BCUT2D eigenvalue weighted by Gasteiger charge is -2.14. The molecule has 4 aromatic rings. The van der Waals surface area contributed by atoms with Gasteiger partial charge in [0.05, 0.1) is 23.5 Å². The molecule has 2 heterocycles. The van der Waals surface area contributed by atoms with Crippen LogP contribution < -0.4 is 11.2 Å². The van der Waals surface area contributed by atoms with Gasteiger partial charge in [0.1, 0.15) is 0 Å². The molecule has 0 saturated heterocycles. The number of rotatable bonds is 5. The zero-order chi connectivity index (χ0) is 20.4. The van der Waals surface area contributed by atoms with E-state index in [9.17, 15) is 19.7 Å². The highest BCUT2D eigenvalue weighted by molar-refractivity contribution is 5.73. The van der Waals surface area contributed by atoms with Crippen LogP contribution in [-0.2, 0) is 13.1 Å². The van der Waals surface area contributed by atoms with Crippen LogP contribution in [0.5, 0.6) is 0 Å². The minimum atomic E-state index is -0.495. The molecule has 8 nitrogen and oxygen atoms in total. The number of aromatic nitrogens is 3. The van der Waals surface area contributed by atoms with Crippen LogP contribution >= 0.6 is 0 Å². The van der Waals surface area contributed by atoms with Crippen LogP contribution in [0, 0.1) is 10.1 Å². The van der Waals surface area contributed by atoms with Gasteiger partial charge in [-0.25, -0.2) is 9.78 Å². The Hall–Kier alpha value is -4.07. The fraction of sp³-hybridized carbons (Fsp3) is 0.0952. The summed E-state index contributed by atoms with van der Waals surface area (Å²) in [5.41, 5.74) is 0.929. The van der Waals surface area contributed by atoms with E-state index in [0.717, 1.165) is 10.1 Å². The SMILES string of the molecule is O=c1c2ncccc2n(Cc2cccc([N+](=O)[O-])c2)c(=O)n1Cc1ccccc1. The Bertz CT molecular complexity index is 1330. The second-order valence-electron chi connectivity index (χ2n) is 6.54. The van der Waals surface area contributed by atoms with Gasteiger partial charge in [-0.15, -0.1) is 0 Å². The summed E-state index contributed by atoms with van der Waals surface area (Å²) < 4.78 is 2.56. The molecule has 0 saturated carbocycles. The van der Waals surface area contributed by atoms with E-state index >= 15 is 0 Å². The van der Waals surface area contributed by atoms with Crippen LogP contribution in [0.25, 0.3) is 11.0 Å². The summed E-state index contributed by atoms with van der Waals surface area (Å²) in [7, 11) is 0. The van der Waals surface area contributed by atoms with Gasteiger partial charge in [-0.3, -0.25) is 24.0 Å². The van der Waals surface area contributed by atoms with Crippen molar-refractivity contribution in [3.05, 3.63) is 115 Å². The number of non-ortho nitro benzene ring substituents is 1. The summed E-state index contributed by atoms with van der Waals surface area (Å²) >= 11 is 0. The third-order valence-corrected chi connectivity index (χ3v) is 4.63. The minimum absolute atomic E-state index is 0.0596. The Morgan fingerprint density at radius 3 is 2.34 bits per heavy atom. The number of nitro groups is 1. The first-order chi connectivity index (χ1) is 14.0. The molecular weight excluding hydrogens is 372 g/mol. The smallest absolute Gasteiger partial charge is 0.287 e. The molecule has 0 N–H and O–H groups in total. The standard InChI is InChI=1S/C21H16N4O4/c26-20-19-18(10-5-11-22-19)23(14-16-8-4-9-17(12-16)25(28)29)21(27)24(20)13-15-6-2-1-3-7-15/h1-12H,13-14H2. The van der Waals surface area contributed by atoms with Crippen molar-refractivity contribution in [1.29, 1.82) is 0 Å². The van der Waals surface area contributed by atoms with Crippen molar-refractivity contribution in [2.75, 3.05) is 0 Å². The summed E-state index contributed by atoms with van der Waals surface area (Å²) in [6, 6.07) is 18.6.